The van der Waals surface area contributed by atoms with Crippen LogP contribution in [0.1, 0.15) is 57.8 Å². The molecular weight excluding hydrogens is 502 g/mol. The van der Waals surface area contributed by atoms with Gasteiger partial charge in [-0.2, -0.15) is 14.3 Å². The molecule has 0 amide bonds. The fourth-order valence-corrected chi connectivity index (χ4v) is 5.41. The highest BCUT2D eigenvalue weighted by Gasteiger charge is 2.38. The summed E-state index contributed by atoms with van der Waals surface area (Å²) in [7, 11) is -3.48. The Labute approximate surface area is 222 Å². The average Bonchev–Trinajstić information content (AvgIpc) is 3.42. The fourth-order valence-electron chi connectivity index (χ4n) is 3.93. The molecule has 3 aromatic rings. The first-order valence-corrected chi connectivity index (χ1v) is 14.0. The first-order valence-electron chi connectivity index (χ1n) is 12.5. The van der Waals surface area contributed by atoms with Crippen molar-refractivity contribution in [2.45, 2.75) is 63.5 Å². The summed E-state index contributed by atoms with van der Waals surface area (Å²) in [5, 5.41) is 14.7. The first kappa shape index (κ1) is 25.7. The predicted molar refractivity (Wildman–Crippen MR) is 144 cm³/mol. The number of nitrogens with zero attached hydrogens (tertiary/aromatic N) is 6. The molecule has 0 spiro atoms. The van der Waals surface area contributed by atoms with Crippen LogP contribution in [0.5, 0.6) is 0 Å². The smallest absolute Gasteiger partial charge is 0.256 e. The third-order valence-electron chi connectivity index (χ3n) is 6.14. The summed E-state index contributed by atoms with van der Waals surface area (Å²) in [5.74, 6) is 6.71. The number of hydrogen-bond donors (Lipinski definition) is 3. The van der Waals surface area contributed by atoms with Gasteiger partial charge in [0.15, 0.2) is 11.5 Å². The molecule has 1 saturated carbocycles. The van der Waals surface area contributed by atoms with Gasteiger partial charge in [-0.1, -0.05) is 11.8 Å². The van der Waals surface area contributed by atoms with Crippen LogP contribution in [-0.2, 0) is 15.7 Å². The summed E-state index contributed by atoms with van der Waals surface area (Å²) >= 11 is 0. The maximum Gasteiger partial charge on any atom is 0.256 e. The second-order valence-corrected chi connectivity index (χ2v) is 12.2. The van der Waals surface area contributed by atoms with E-state index in [2.05, 4.69) is 56.5 Å². The first-order chi connectivity index (χ1) is 18.0. The SMILES string of the molecule is CC(C)NC1=CC(N)(c2ccnc(-c3cnn(S(=O)(=O)C4CC4)c3)n2)NC=C1C#Cc1cnn(C(C)C)c1. The van der Waals surface area contributed by atoms with Crippen LogP contribution < -0.4 is 16.4 Å². The molecule has 12 heteroatoms. The molecule has 1 atom stereocenters. The van der Waals surface area contributed by atoms with Crippen molar-refractivity contribution in [3.63, 3.8) is 0 Å². The molecule has 4 N–H and O–H groups in total. The highest BCUT2D eigenvalue weighted by atomic mass is 32.2. The zero-order valence-corrected chi connectivity index (χ0v) is 22.6. The van der Waals surface area contributed by atoms with Gasteiger partial charge in [-0.15, -0.1) is 0 Å². The highest BCUT2D eigenvalue weighted by Crippen LogP contribution is 2.30. The summed E-state index contributed by atoms with van der Waals surface area (Å²) in [6.07, 6.45) is 13.1. The molecule has 1 aliphatic carbocycles. The third kappa shape index (κ3) is 5.20. The molecule has 1 aliphatic heterocycles. The minimum atomic E-state index is -3.48. The predicted octanol–water partition coefficient (Wildman–Crippen LogP) is 1.99. The lowest BCUT2D eigenvalue weighted by molar-refractivity contribution is 0.466. The minimum absolute atomic E-state index is 0.137. The van der Waals surface area contributed by atoms with Gasteiger partial charge >= 0.3 is 0 Å². The standard InChI is InChI=1S/C26H31N9O2S/c1-17(2)32-23-11-26(27,29-13-20(23)6-5-19-12-30-34(15-19)18(3)4)24-9-10-28-25(33-24)21-14-31-35(16-21)38(36,37)22-7-8-22/h9-18,22,29,32H,7-8,27H2,1-4H3. The van der Waals surface area contributed by atoms with Crippen LogP contribution in [0.2, 0.25) is 0 Å². The number of aromatic nitrogens is 6. The van der Waals surface area contributed by atoms with Gasteiger partial charge < -0.3 is 16.4 Å². The van der Waals surface area contributed by atoms with Crippen molar-refractivity contribution in [3.05, 3.63) is 71.9 Å². The van der Waals surface area contributed by atoms with E-state index in [-0.39, 0.29) is 17.3 Å². The van der Waals surface area contributed by atoms with Gasteiger partial charge in [-0.25, -0.2) is 18.4 Å². The maximum absolute atomic E-state index is 12.5. The lowest BCUT2D eigenvalue weighted by atomic mass is 9.98. The van der Waals surface area contributed by atoms with E-state index in [1.165, 1.54) is 12.4 Å². The Balaban J connectivity index is 1.43. The van der Waals surface area contributed by atoms with Crippen molar-refractivity contribution in [2.75, 3.05) is 0 Å². The molecule has 3 aromatic heterocycles. The summed E-state index contributed by atoms with van der Waals surface area (Å²) in [6.45, 7) is 8.20. The van der Waals surface area contributed by atoms with Crippen molar-refractivity contribution in [1.82, 2.24) is 39.6 Å². The van der Waals surface area contributed by atoms with Gasteiger partial charge in [-0.05, 0) is 52.7 Å². The average molecular weight is 534 g/mol. The Morgan fingerprint density at radius 2 is 1.95 bits per heavy atom. The lowest BCUT2D eigenvalue weighted by Crippen LogP contribution is -2.50. The molecule has 0 aromatic carbocycles. The maximum atomic E-state index is 12.5. The van der Waals surface area contributed by atoms with Gasteiger partial charge in [0.1, 0.15) is 0 Å². The number of dihydropyridines is 1. The van der Waals surface area contributed by atoms with Crippen LogP contribution in [0.4, 0.5) is 0 Å². The molecule has 11 nitrogen and oxygen atoms in total. The normalized spacial score (nSPS) is 19.4. The van der Waals surface area contributed by atoms with E-state index >= 15 is 0 Å². The largest absolute Gasteiger partial charge is 0.382 e. The Morgan fingerprint density at radius 1 is 1.16 bits per heavy atom. The summed E-state index contributed by atoms with van der Waals surface area (Å²) < 4.78 is 27.9. The summed E-state index contributed by atoms with van der Waals surface area (Å²) in [4.78, 5) is 8.98. The second-order valence-electron chi connectivity index (χ2n) is 10.1. The molecule has 0 radical (unpaired) electrons. The number of rotatable bonds is 7. The molecule has 198 valence electrons. The van der Waals surface area contributed by atoms with Crippen molar-refractivity contribution < 1.29 is 8.42 Å². The third-order valence-corrected chi connectivity index (χ3v) is 8.17. The van der Waals surface area contributed by atoms with E-state index in [1.807, 2.05) is 30.8 Å². The number of nitrogens with one attached hydrogen (secondary N) is 2. The van der Waals surface area contributed by atoms with Crippen molar-refractivity contribution in [2.24, 2.45) is 5.73 Å². The minimum Gasteiger partial charge on any atom is -0.382 e. The topological polar surface area (TPSA) is 146 Å². The van der Waals surface area contributed by atoms with Gasteiger partial charge in [0.2, 0.25) is 0 Å². The number of allylic oxidation sites excluding steroid dienone is 1. The fraction of sp³-hybridized carbons (Fsp3) is 0.385. The Hall–Kier alpha value is -3.95. The highest BCUT2D eigenvalue weighted by molar-refractivity contribution is 7.90. The zero-order chi connectivity index (χ0) is 27.1. The van der Waals surface area contributed by atoms with Crippen molar-refractivity contribution >= 4 is 10.0 Å². The van der Waals surface area contributed by atoms with Crippen LogP contribution in [0.3, 0.4) is 0 Å². The van der Waals surface area contributed by atoms with Gasteiger partial charge in [0, 0.05) is 30.7 Å². The molecule has 2 aliphatic rings. The second kappa shape index (κ2) is 9.74. The van der Waals surface area contributed by atoms with Gasteiger partial charge in [0.05, 0.1) is 51.9 Å². The van der Waals surface area contributed by atoms with E-state index < -0.39 is 15.7 Å². The summed E-state index contributed by atoms with van der Waals surface area (Å²) in [6, 6.07) is 2.11. The van der Waals surface area contributed by atoms with Crippen LogP contribution >= 0.6 is 0 Å². The Kier molecular flexibility index (Phi) is 6.58. The molecule has 1 unspecified atom stereocenters. The molecule has 0 saturated heterocycles. The van der Waals surface area contributed by atoms with Crippen molar-refractivity contribution in [1.29, 1.82) is 0 Å². The van der Waals surface area contributed by atoms with E-state index in [9.17, 15) is 8.42 Å². The van der Waals surface area contributed by atoms with E-state index in [0.717, 1.165) is 20.9 Å². The molecule has 4 heterocycles. The van der Waals surface area contributed by atoms with Gasteiger partial charge in [-0.3, -0.25) is 4.68 Å². The zero-order valence-electron chi connectivity index (χ0n) is 21.8. The number of nitrogens with two attached hydrogens (primary N) is 1. The lowest BCUT2D eigenvalue weighted by Gasteiger charge is -2.32. The quantitative estimate of drug-likeness (QED) is 0.388. The van der Waals surface area contributed by atoms with Crippen LogP contribution in [0.15, 0.2) is 60.6 Å². The Bertz CT molecular complexity index is 1580. The monoisotopic (exact) mass is 533 g/mol. The molecular formula is C26H31N9O2S. The molecule has 0 bridgehead atoms. The van der Waals surface area contributed by atoms with E-state index in [0.29, 0.717) is 29.9 Å². The molecule has 38 heavy (non-hydrogen) atoms. The van der Waals surface area contributed by atoms with E-state index in [1.54, 1.807) is 24.7 Å². The van der Waals surface area contributed by atoms with Crippen LogP contribution in [-0.4, -0.2) is 48.6 Å². The van der Waals surface area contributed by atoms with Crippen molar-refractivity contribution in [3.8, 4) is 23.2 Å². The van der Waals surface area contributed by atoms with E-state index in [4.69, 9.17) is 5.73 Å². The van der Waals surface area contributed by atoms with Crippen LogP contribution in [0, 0.1) is 11.8 Å². The molecule has 1 fully saturated rings. The number of hydrogen-bond acceptors (Lipinski definition) is 9. The molecule has 5 rings (SSSR count). The van der Waals surface area contributed by atoms with Gasteiger partial charge in [0.25, 0.3) is 10.0 Å². The summed E-state index contributed by atoms with van der Waals surface area (Å²) in [5.41, 5.74) is 8.96. The van der Waals surface area contributed by atoms with Crippen LogP contribution in [0.25, 0.3) is 11.4 Å². The Morgan fingerprint density at radius 3 is 2.63 bits per heavy atom.